The molecule has 5 heteroatoms. The Morgan fingerprint density at radius 1 is 1.38 bits per heavy atom. The molecule has 21 heavy (non-hydrogen) atoms. The maximum absolute atomic E-state index is 12.5. The normalized spacial score (nSPS) is 48.3. The number of hydrogen-bond donors (Lipinski definition) is 1. The predicted octanol–water partition coefficient (Wildman–Crippen LogP) is 1.34. The molecule has 0 amide bonds. The van der Waals surface area contributed by atoms with Crippen LogP contribution >= 0.6 is 0 Å². The second-order valence-corrected chi connectivity index (χ2v) is 5.79. The molecule has 6 unspecified atom stereocenters. The molecule has 3 aliphatic rings. The maximum atomic E-state index is 12.5. The smallest absolute Gasteiger partial charge is 0.319 e. The van der Waals surface area contributed by atoms with Crippen LogP contribution in [-0.4, -0.2) is 42.3 Å². The molecule has 6 atom stereocenters. The summed E-state index contributed by atoms with van der Waals surface area (Å²) in [5, 5.41) is 10.8. The van der Waals surface area contributed by atoms with Crippen LogP contribution in [0.4, 0.5) is 0 Å². The quantitative estimate of drug-likeness (QED) is 0.483. The lowest BCUT2D eigenvalue weighted by atomic mass is 9.65. The van der Waals surface area contributed by atoms with E-state index in [0.717, 1.165) is 0 Å². The van der Waals surface area contributed by atoms with Crippen LogP contribution in [0.25, 0.3) is 0 Å². The molecule has 2 saturated heterocycles. The zero-order chi connectivity index (χ0) is 15.3. The largest absolute Gasteiger partial charge is 0.455 e. The third kappa shape index (κ3) is 1.71. The lowest BCUT2D eigenvalue weighted by Gasteiger charge is -2.35. The van der Waals surface area contributed by atoms with Crippen molar-refractivity contribution < 1.29 is 24.1 Å². The number of hydrogen-bond acceptors (Lipinski definition) is 5. The summed E-state index contributed by atoms with van der Waals surface area (Å²) in [6, 6.07) is 0. The van der Waals surface area contributed by atoms with E-state index in [2.05, 4.69) is 0 Å². The minimum atomic E-state index is -1.21. The van der Waals surface area contributed by atoms with Gasteiger partial charge in [-0.3, -0.25) is 4.79 Å². The van der Waals surface area contributed by atoms with Crippen LogP contribution in [0.5, 0.6) is 0 Å². The highest BCUT2D eigenvalue weighted by Gasteiger charge is 2.75. The summed E-state index contributed by atoms with van der Waals surface area (Å²) in [6.07, 6.45) is 9.17. The number of carbonyl (C=O) groups is 1. The average molecular weight is 292 g/mol. The summed E-state index contributed by atoms with van der Waals surface area (Å²) >= 11 is 0. The van der Waals surface area contributed by atoms with Crippen LogP contribution in [0.15, 0.2) is 36.5 Å². The van der Waals surface area contributed by atoms with Crippen molar-refractivity contribution in [3.05, 3.63) is 36.5 Å². The highest BCUT2D eigenvalue weighted by atomic mass is 16.7. The van der Waals surface area contributed by atoms with Gasteiger partial charge in [-0.15, -0.1) is 0 Å². The van der Waals surface area contributed by atoms with E-state index in [0.29, 0.717) is 0 Å². The minimum absolute atomic E-state index is 0.295. The van der Waals surface area contributed by atoms with E-state index in [1.807, 2.05) is 43.4 Å². The molecule has 0 aromatic carbocycles. The zero-order valence-corrected chi connectivity index (χ0v) is 12.4. The summed E-state index contributed by atoms with van der Waals surface area (Å²) < 4.78 is 16.6. The van der Waals surface area contributed by atoms with Gasteiger partial charge in [-0.05, 0) is 19.9 Å². The van der Waals surface area contributed by atoms with Gasteiger partial charge in [0.1, 0.15) is 23.7 Å². The fraction of sp³-hybridized carbons (Fsp3) is 0.562. The van der Waals surface area contributed by atoms with Crippen molar-refractivity contribution in [1.29, 1.82) is 0 Å². The maximum Gasteiger partial charge on any atom is 0.319 e. The van der Waals surface area contributed by atoms with Crippen molar-refractivity contribution in [1.82, 2.24) is 0 Å². The Morgan fingerprint density at radius 2 is 2.14 bits per heavy atom. The fourth-order valence-electron chi connectivity index (χ4n) is 3.57. The molecule has 0 spiro atoms. The zero-order valence-electron chi connectivity index (χ0n) is 12.4. The van der Waals surface area contributed by atoms with Crippen molar-refractivity contribution in [2.75, 3.05) is 7.11 Å². The Labute approximate surface area is 123 Å². The Morgan fingerprint density at radius 3 is 2.81 bits per heavy atom. The number of aliphatic hydroxyl groups excluding tert-OH is 1. The van der Waals surface area contributed by atoms with Crippen molar-refractivity contribution in [3.63, 3.8) is 0 Å². The molecule has 3 rings (SSSR count). The molecule has 1 aliphatic carbocycles. The number of ether oxygens (including phenoxy) is 3. The second-order valence-electron chi connectivity index (χ2n) is 5.79. The molecular formula is C16H20O5. The first-order valence-corrected chi connectivity index (χ1v) is 7.10. The summed E-state index contributed by atoms with van der Waals surface area (Å²) in [4.78, 5) is 12.5. The molecule has 1 N–H and O–H groups in total. The van der Waals surface area contributed by atoms with E-state index in [4.69, 9.17) is 14.2 Å². The number of methoxy groups -OCH3 is 1. The molecule has 2 heterocycles. The van der Waals surface area contributed by atoms with Gasteiger partial charge in [-0.1, -0.05) is 30.4 Å². The summed E-state index contributed by atoms with van der Waals surface area (Å²) in [6.45, 7) is 3.57. The number of rotatable bonds is 3. The van der Waals surface area contributed by atoms with Crippen LogP contribution in [0, 0.1) is 11.3 Å². The molecule has 5 nitrogen and oxygen atoms in total. The van der Waals surface area contributed by atoms with Gasteiger partial charge in [0.05, 0.1) is 0 Å². The van der Waals surface area contributed by atoms with Gasteiger partial charge in [0, 0.05) is 13.0 Å². The van der Waals surface area contributed by atoms with Gasteiger partial charge < -0.3 is 19.3 Å². The van der Waals surface area contributed by atoms with Crippen molar-refractivity contribution in [2.45, 2.75) is 37.9 Å². The molecule has 2 fully saturated rings. The van der Waals surface area contributed by atoms with Gasteiger partial charge >= 0.3 is 5.97 Å². The van der Waals surface area contributed by atoms with Crippen LogP contribution in [0.2, 0.25) is 0 Å². The van der Waals surface area contributed by atoms with Crippen LogP contribution in [-0.2, 0) is 19.0 Å². The third-order valence-electron chi connectivity index (χ3n) is 4.76. The summed E-state index contributed by atoms with van der Waals surface area (Å²) in [7, 11) is 1.47. The monoisotopic (exact) mass is 292 g/mol. The Hall–Kier alpha value is -1.43. The van der Waals surface area contributed by atoms with E-state index < -0.39 is 35.5 Å². The number of aliphatic hydroxyl groups is 1. The summed E-state index contributed by atoms with van der Waals surface area (Å²) in [5.41, 5.74) is -1.14. The van der Waals surface area contributed by atoms with Gasteiger partial charge in [-0.25, -0.2) is 0 Å². The Kier molecular flexibility index (Phi) is 3.31. The lowest BCUT2D eigenvalue weighted by Crippen LogP contribution is -2.53. The van der Waals surface area contributed by atoms with E-state index >= 15 is 0 Å². The topological polar surface area (TPSA) is 65.0 Å². The fourth-order valence-corrected chi connectivity index (χ4v) is 3.57. The number of esters is 1. The predicted molar refractivity (Wildman–Crippen MR) is 75.2 cm³/mol. The molecule has 2 aliphatic heterocycles. The van der Waals surface area contributed by atoms with Crippen LogP contribution < -0.4 is 0 Å². The van der Waals surface area contributed by atoms with Crippen molar-refractivity contribution in [3.8, 4) is 0 Å². The molecule has 2 bridgehead atoms. The summed E-state index contributed by atoms with van der Waals surface area (Å²) in [5.74, 6) is -1.93. The first kappa shape index (κ1) is 14.5. The highest BCUT2D eigenvalue weighted by molar-refractivity contribution is 5.84. The molecule has 0 radical (unpaired) electrons. The second kappa shape index (κ2) is 4.80. The molecule has 114 valence electrons. The molecule has 0 saturated carbocycles. The van der Waals surface area contributed by atoms with Crippen molar-refractivity contribution in [2.24, 2.45) is 11.3 Å². The van der Waals surface area contributed by atoms with Crippen LogP contribution in [0.3, 0.4) is 0 Å². The number of carbonyl (C=O) groups excluding carboxylic acids is 1. The average Bonchev–Trinajstić information content (AvgIpc) is 2.81. The lowest BCUT2D eigenvalue weighted by molar-refractivity contribution is -0.242. The van der Waals surface area contributed by atoms with E-state index in [1.54, 1.807) is 6.92 Å². The molecular weight excluding hydrogens is 272 g/mol. The minimum Gasteiger partial charge on any atom is -0.455 e. The first-order valence-electron chi connectivity index (χ1n) is 7.10. The highest BCUT2D eigenvalue weighted by Crippen LogP contribution is 2.58. The van der Waals surface area contributed by atoms with Gasteiger partial charge in [0.25, 0.3) is 0 Å². The van der Waals surface area contributed by atoms with Gasteiger partial charge in [0.15, 0.2) is 5.79 Å². The van der Waals surface area contributed by atoms with Gasteiger partial charge in [0.2, 0.25) is 0 Å². The first-order chi connectivity index (χ1) is 10.0. The van der Waals surface area contributed by atoms with Crippen molar-refractivity contribution >= 4 is 5.97 Å². The van der Waals surface area contributed by atoms with E-state index in [9.17, 15) is 9.90 Å². The molecule has 0 aromatic rings. The SMILES string of the molecule is CC=CC=CC1C=CC2OC(=O)C13C2OC(C)(OC)C3O. The Bertz CT molecular complexity index is 537. The van der Waals surface area contributed by atoms with Gasteiger partial charge in [-0.2, -0.15) is 0 Å². The standard InChI is InChI=1S/C16H20O5/c1-4-5-6-7-10-8-9-11-12-16(10,14(18)20-11)13(17)15(2,19-3)21-12/h4-13,17H,1-3H3. The Balaban J connectivity index is 2.07. The van der Waals surface area contributed by atoms with E-state index in [1.165, 1.54) is 7.11 Å². The molecule has 0 aromatic heterocycles. The van der Waals surface area contributed by atoms with Crippen LogP contribution in [0.1, 0.15) is 13.8 Å². The van der Waals surface area contributed by atoms with E-state index in [-0.39, 0.29) is 5.92 Å². The number of allylic oxidation sites excluding steroid dienone is 5. The third-order valence-corrected chi connectivity index (χ3v) is 4.76.